The fourth-order valence-electron chi connectivity index (χ4n) is 2.31. The molecule has 1 amide bonds. The third-order valence-corrected chi connectivity index (χ3v) is 3.59. The van der Waals surface area contributed by atoms with Crippen molar-refractivity contribution in [3.63, 3.8) is 0 Å². The highest BCUT2D eigenvalue weighted by Crippen LogP contribution is 2.27. The lowest BCUT2D eigenvalue weighted by Gasteiger charge is -2.11. The first-order valence-corrected chi connectivity index (χ1v) is 8.25. The van der Waals surface area contributed by atoms with E-state index in [0.29, 0.717) is 22.2 Å². The predicted octanol–water partition coefficient (Wildman–Crippen LogP) is 3.53. The molecule has 2 aromatic carbocycles. The van der Waals surface area contributed by atoms with Crippen LogP contribution in [0.2, 0.25) is 5.02 Å². The van der Waals surface area contributed by atoms with E-state index in [-0.39, 0.29) is 6.61 Å². The van der Waals surface area contributed by atoms with E-state index >= 15 is 0 Å². The molecular weight excluding hydrogens is 358 g/mol. The molecular formula is C19H20ClNO5. The first kappa shape index (κ1) is 19.6. The zero-order chi connectivity index (χ0) is 19.1. The fourth-order valence-corrected chi connectivity index (χ4v) is 2.48. The van der Waals surface area contributed by atoms with Gasteiger partial charge in [-0.1, -0.05) is 17.7 Å². The molecule has 0 saturated heterocycles. The number of ether oxygens (including phenoxy) is 3. The maximum Gasteiger partial charge on any atom is 0.344 e. The highest BCUT2D eigenvalue weighted by molar-refractivity contribution is 6.31. The molecule has 1 N–H and O–H groups in total. The molecule has 0 spiro atoms. The van der Waals surface area contributed by atoms with Crippen molar-refractivity contribution in [3.05, 3.63) is 52.5 Å². The Morgan fingerprint density at radius 1 is 1.04 bits per heavy atom. The van der Waals surface area contributed by atoms with E-state index in [1.807, 2.05) is 32.0 Å². The highest BCUT2D eigenvalue weighted by Gasteiger charge is 2.12. The van der Waals surface area contributed by atoms with Gasteiger partial charge in [0.25, 0.3) is 5.91 Å². The van der Waals surface area contributed by atoms with Crippen molar-refractivity contribution in [2.45, 2.75) is 13.8 Å². The van der Waals surface area contributed by atoms with Gasteiger partial charge in [0, 0.05) is 5.02 Å². The summed E-state index contributed by atoms with van der Waals surface area (Å²) in [6.45, 7) is 3.15. The van der Waals surface area contributed by atoms with Gasteiger partial charge < -0.3 is 19.5 Å². The second-order valence-corrected chi connectivity index (χ2v) is 6.10. The fraction of sp³-hybridized carbons (Fsp3) is 0.263. The number of amides is 1. The minimum Gasteiger partial charge on any atom is -0.495 e. The number of hydrogen-bond donors (Lipinski definition) is 1. The molecule has 0 fully saturated rings. The minimum atomic E-state index is -0.641. The number of carbonyl (C=O) groups is 2. The minimum absolute atomic E-state index is 0.281. The molecule has 0 aliphatic rings. The average molecular weight is 378 g/mol. The summed E-state index contributed by atoms with van der Waals surface area (Å²) >= 11 is 5.90. The van der Waals surface area contributed by atoms with Gasteiger partial charge >= 0.3 is 5.97 Å². The summed E-state index contributed by atoms with van der Waals surface area (Å²) < 4.78 is 15.4. The molecule has 2 aromatic rings. The van der Waals surface area contributed by atoms with Crippen LogP contribution in [-0.2, 0) is 14.3 Å². The van der Waals surface area contributed by atoms with Gasteiger partial charge in [0.05, 0.1) is 12.8 Å². The van der Waals surface area contributed by atoms with Crippen LogP contribution in [0.4, 0.5) is 5.69 Å². The molecule has 0 unspecified atom stereocenters. The Hall–Kier alpha value is -2.73. The first-order chi connectivity index (χ1) is 12.4. The van der Waals surface area contributed by atoms with Crippen molar-refractivity contribution in [1.29, 1.82) is 0 Å². The van der Waals surface area contributed by atoms with E-state index in [1.165, 1.54) is 7.11 Å². The number of methoxy groups -OCH3 is 1. The van der Waals surface area contributed by atoms with Crippen LogP contribution in [0.5, 0.6) is 11.5 Å². The zero-order valence-electron chi connectivity index (χ0n) is 14.8. The maximum absolute atomic E-state index is 11.9. The van der Waals surface area contributed by atoms with Crippen molar-refractivity contribution in [3.8, 4) is 11.5 Å². The summed E-state index contributed by atoms with van der Waals surface area (Å²) in [4.78, 5) is 23.7. The number of benzene rings is 2. The van der Waals surface area contributed by atoms with E-state index in [2.05, 4.69) is 5.32 Å². The normalized spacial score (nSPS) is 10.2. The van der Waals surface area contributed by atoms with Gasteiger partial charge in [0.15, 0.2) is 13.2 Å². The summed E-state index contributed by atoms with van der Waals surface area (Å²) in [5.74, 6) is -0.123. The smallest absolute Gasteiger partial charge is 0.344 e. The molecule has 0 heterocycles. The van der Waals surface area contributed by atoms with Crippen molar-refractivity contribution >= 4 is 29.2 Å². The summed E-state index contributed by atoms with van der Waals surface area (Å²) in [5.41, 5.74) is 2.46. The molecule has 26 heavy (non-hydrogen) atoms. The molecule has 7 heteroatoms. The molecule has 0 atom stereocenters. The Kier molecular flexibility index (Phi) is 6.86. The van der Waals surface area contributed by atoms with Crippen molar-refractivity contribution in [1.82, 2.24) is 0 Å². The lowest BCUT2D eigenvalue weighted by atomic mass is 10.1. The van der Waals surface area contributed by atoms with E-state index in [4.69, 9.17) is 25.8 Å². The Morgan fingerprint density at radius 2 is 1.73 bits per heavy atom. The number of esters is 1. The lowest BCUT2D eigenvalue weighted by molar-refractivity contribution is -0.149. The third-order valence-electron chi connectivity index (χ3n) is 3.35. The molecule has 0 aromatic heterocycles. The Bertz CT molecular complexity index is 786. The molecule has 0 aliphatic carbocycles. The third kappa shape index (κ3) is 5.97. The molecule has 2 rings (SSSR count). The average Bonchev–Trinajstić information content (AvgIpc) is 2.57. The van der Waals surface area contributed by atoms with Crippen LogP contribution in [0.3, 0.4) is 0 Å². The van der Waals surface area contributed by atoms with Crippen LogP contribution in [-0.4, -0.2) is 32.2 Å². The summed E-state index contributed by atoms with van der Waals surface area (Å²) in [5, 5.41) is 3.02. The second-order valence-electron chi connectivity index (χ2n) is 5.67. The molecule has 6 nitrogen and oxygen atoms in total. The number of carbonyl (C=O) groups excluding carboxylic acids is 2. The summed E-state index contributed by atoms with van der Waals surface area (Å²) in [7, 11) is 1.48. The lowest BCUT2D eigenvalue weighted by Crippen LogP contribution is -2.23. The number of aryl methyl sites for hydroxylation is 2. The van der Waals surface area contributed by atoms with Gasteiger partial charge in [0.1, 0.15) is 11.5 Å². The van der Waals surface area contributed by atoms with E-state index in [9.17, 15) is 9.59 Å². The quantitative estimate of drug-likeness (QED) is 0.747. The van der Waals surface area contributed by atoms with Gasteiger partial charge in [0.2, 0.25) is 0 Å². The molecule has 0 saturated carbocycles. The van der Waals surface area contributed by atoms with E-state index in [0.717, 1.165) is 11.1 Å². The van der Waals surface area contributed by atoms with Crippen LogP contribution in [0.25, 0.3) is 0 Å². The monoisotopic (exact) mass is 377 g/mol. The number of hydrogen-bond acceptors (Lipinski definition) is 5. The van der Waals surface area contributed by atoms with Crippen molar-refractivity contribution < 1.29 is 23.8 Å². The van der Waals surface area contributed by atoms with E-state index < -0.39 is 18.5 Å². The number of anilines is 1. The topological polar surface area (TPSA) is 73.9 Å². The highest BCUT2D eigenvalue weighted by atomic mass is 35.5. The molecule has 0 aliphatic heterocycles. The first-order valence-electron chi connectivity index (χ1n) is 7.87. The molecule has 0 bridgehead atoms. The number of rotatable bonds is 7. The molecule has 0 radical (unpaired) electrons. The number of nitrogens with one attached hydrogen (secondary N) is 1. The van der Waals surface area contributed by atoms with Crippen molar-refractivity contribution in [2.75, 3.05) is 25.6 Å². The van der Waals surface area contributed by atoms with Crippen LogP contribution in [0, 0.1) is 13.8 Å². The van der Waals surface area contributed by atoms with Gasteiger partial charge in [-0.05, 0) is 55.3 Å². The van der Waals surface area contributed by atoms with Crippen LogP contribution < -0.4 is 14.8 Å². The Labute approximate surface area is 157 Å². The maximum atomic E-state index is 11.9. The largest absolute Gasteiger partial charge is 0.495 e. The predicted molar refractivity (Wildman–Crippen MR) is 99.0 cm³/mol. The Balaban J connectivity index is 1.81. The van der Waals surface area contributed by atoms with Crippen LogP contribution in [0.1, 0.15) is 11.1 Å². The van der Waals surface area contributed by atoms with Crippen molar-refractivity contribution in [2.24, 2.45) is 0 Å². The standard InChI is InChI=1S/C19H20ClNO5/c1-12-6-13(2)8-15(7-12)25-11-19(23)26-10-18(22)21-16-9-14(20)4-5-17(16)24-3/h4-9H,10-11H2,1-3H3,(H,21,22). The summed E-state index contributed by atoms with van der Waals surface area (Å²) in [6, 6.07) is 10.4. The van der Waals surface area contributed by atoms with Gasteiger partial charge in [-0.25, -0.2) is 4.79 Å². The van der Waals surface area contributed by atoms with E-state index in [1.54, 1.807) is 18.2 Å². The summed E-state index contributed by atoms with van der Waals surface area (Å²) in [6.07, 6.45) is 0. The van der Waals surface area contributed by atoms with Gasteiger partial charge in [-0.3, -0.25) is 4.79 Å². The number of halogens is 1. The SMILES string of the molecule is COc1ccc(Cl)cc1NC(=O)COC(=O)COc1cc(C)cc(C)c1. The zero-order valence-corrected chi connectivity index (χ0v) is 15.6. The molecule has 138 valence electrons. The van der Waals surface area contributed by atoms with Gasteiger partial charge in [-0.2, -0.15) is 0 Å². The Morgan fingerprint density at radius 3 is 2.38 bits per heavy atom. The van der Waals surface area contributed by atoms with Crippen LogP contribution in [0.15, 0.2) is 36.4 Å². The van der Waals surface area contributed by atoms with Gasteiger partial charge in [-0.15, -0.1) is 0 Å². The second kappa shape index (κ2) is 9.10. The van der Waals surface area contributed by atoms with Crippen LogP contribution >= 0.6 is 11.6 Å².